The van der Waals surface area contributed by atoms with Crippen molar-refractivity contribution in [3.05, 3.63) is 59.2 Å². The van der Waals surface area contributed by atoms with E-state index < -0.39 is 5.97 Å². The van der Waals surface area contributed by atoms with Crippen LogP contribution < -0.4 is 9.47 Å². The number of ether oxygens (including phenoxy) is 3. The summed E-state index contributed by atoms with van der Waals surface area (Å²) >= 11 is 0. The number of amides is 2. The smallest absolute Gasteiger partial charge is 0.344 e. The Kier molecular flexibility index (Phi) is 7.02. The number of methoxy groups -OCH3 is 1. The largest absolute Gasteiger partial charge is 0.493 e. The Morgan fingerprint density at radius 1 is 0.935 bits per heavy atom. The number of ketones is 1. The molecule has 0 aromatic heterocycles. The van der Waals surface area contributed by atoms with Gasteiger partial charge >= 0.3 is 5.97 Å². The number of esters is 1. The molecule has 0 unspecified atom stereocenters. The van der Waals surface area contributed by atoms with Crippen molar-refractivity contribution in [1.29, 1.82) is 0 Å². The third-order valence-corrected chi connectivity index (χ3v) is 4.83. The van der Waals surface area contributed by atoms with Crippen LogP contribution in [-0.4, -0.2) is 55.3 Å². The van der Waals surface area contributed by atoms with Gasteiger partial charge in [-0.1, -0.05) is 12.1 Å². The van der Waals surface area contributed by atoms with Crippen molar-refractivity contribution in [3.63, 3.8) is 0 Å². The molecule has 2 aromatic carbocycles. The molecule has 2 amide bonds. The van der Waals surface area contributed by atoms with Crippen LogP contribution in [0.2, 0.25) is 0 Å². The molecule has 0 saturated carbocycles. The van der Waals surface area contributed by atoms with E-state index >= 15 is 0 Å². The predicted molar refractivity (Wildman–Crippen MR) is 110 cm³/mol. The number of rotatable bonds is 10. The van der Waals surface area contributed by atoms with Gasteiger partial charge in [-0.25, -0.2) is 4.79 Å². The molecule has 3 rings (SSSR count). The van der Waals surface area contributed by atoms with Crippen LogP contribution in [0.1, 0.15) is 50.8 Å². The summed E-state index contributed by atoms with van der Waals surface area (Å²) in [6.07, 6.45) is 1.01. The Balaban J connectivity index is 1.38. The average molecular weight is 425 g/mol. The highest BCUT2D eigenvalue weighted by Crippen LogP contribution is 2.28. The van der Waals surface area contributed by atoms with Crippen molar-refractivity contribution < 1.29 is 33.4 Å². The van der Waals surface area contributed by atoms with E-state index in [1.54, 1.807) is 42.5 Å². The van der Waals surface area contributed by atoms with Crippen LogP contribution >= 0.6 is 0 Å². The highest BCUT2D eigenvalue weighted by molar-refractivity contribution is 6.21. The zero-order valence-corrected chi connectivity index (χ0v) is 17.4. The number of imide groups is 1. The van der Waals surface area contributed by atoms with Crippen molar-refractivity contribution in [2.75, 3.05) is 26.9 Å². The fourth-order valence-corrected chi connectivity index (χ4v) is 3.18. The zero-order valence-electron chi connectivity index (χ0n) is 17.4. The normalized spacial score (nSPS) is 12.5. The summed E-state index contributed by atoms with van der Waals surface area (Å²) in [6.45, 7) is 1.54. The van der Waals surface area contributed by atoms with Crippen LogP contribution in [0.3, 0.4) is 0 Å². The van der Waals surface area contributed by atoms with Crippen molar-refractivity contribution >= 4 is 23.6 Å². The molecule has 0 N–H and O–H groups in total. The fourth-order valence-electron chi connectivity index (χ4n) is 3.18. The summed E-state index contributed by atoms with van der Waals surface area (Å²) < 4.78 is 15.7. The first kappa shape index (κ1) is 22.0. The van der Waals surface area contributed by atoms with Gasteiger partial charge in [-0.2, -0.15) is 0 Å². The zero-order chi connectivity index (χ0) is 22.4. The van der Waals surface area contributed by atoms with E-state index in [-0.39, 0.29) is 37.4 Å². The molecule has 1 aliphatic heterocycles. The summed E-state index contributed by atoms with van der Waals surface area (Å²) in [4.78, 5) is 49.1. The molecule has 2 aromatic rings. The van der Waals surface area contributed by atoms with Gasteiger partial charge in [0.1, 0.15) is 0 Å². The monoisotopic (exact) mass is 425 g/mol. The number of unbranched alkanes of at least 4 members (excludes halogenated alkanes) is 1. The molecule has 0 spiro atoms. The van der Waals surface area contributed by atoms with Gasteiger partial charge < -0.3 is 14.2 Å². The van der Waals surface area contributed by atoms with Crippen molar-refractivity contribution in [1.82, 2.24) is 4.90 Å². The topological polar surface area (TPSA) is 99.2 Å². The van der Waals surface area contributed by atoms with Gasteiger partial charge in [0.05, 0.1) is 24.8 Å². The Bertz CT molecular complexity index is 980. The van der Waals surface area contributed by atoms with Crippen LogP contribution in [0.4, 0.5) is 0 Å². The number of carbonyl (C=O) groups excluding carboxylic acids is 4. The molecule has 0 fully saturated rings. The second kappa shape index (κ2) is 9.88. The lowest BCUT2D eigenvalue weighted by molar-refractivity contribution is -0.146. The highest BCUT2D eigenvalue weighted by Gasteiger charge is 2.34. The van der Waals surface area contributed by atoms with Gasteiger partial charge in [0.2, 0.25) is 0 Å². The molecule has 8 nitrogen and oxygen atoms in total. The van der Waals surface area contributed by atoms with E-state index in [0.717, 1.165) is 0 Å². The van der Waals surface area contributed by atoms with Gasteiger partial charge in [0.25, 0.3) is 11.8 Å². The molecule has 31 heavy (non-hydrogen) atoms. The number of nitrogens with zero attached hydrogens (tertiary/aromatic N) is 1. The van der Waals surface area contributed by atoms with Gasteiger partial charge in [0.15, 0.2) is 23.9 Å². The molecule has 1 aliphatic rings. The maximum absolute atomic E-state index is 12.3. The molecular formula is C23H23NO7. The fraction of sp³-hybridized carbons (Fsp3) is 0.304. The summed E-state index contributed by atoms with van der Waals surface area (Å²) in [5.74, 6) is -0.577. The number of carbonyl (C=O) groups is 4. The second-order valence-electron chi connectivity index (χ2n) is 6.95. The first-order valence-electron chi connectivity index (χ1n) is 9.85. The molecule has 0 saturated heterocycles. The highest BCUT2D eigenvalue weighted by atomic mass is 16.6. The average Bonchev–Trinajstić information content (AvgIpc) is 3.02. The molecule has 0 atom stereocenters. The third kappa shape index (κ3) is 5.09. The molecule has 0 radical (unpaired) electrons. The van der Waals surface area contributed by atoms with Crippen LogP contribution in [0.15, 0.2) is 42.5 Å². The van der Waals surface area contributed by atoms with E-state index in [4.69, 9.17) is 14.2 Å². The molecular weight excluding hydrogens is 402 g/mol. The van der Waals surface area contributed by atoms with Gasteiger partial charge in [-0.05, 0) is 50.1 Å². The Hall–Kier alpha value is -3.68. The summed E-state index contributed by atoms with van der Waals surface area (Å²) in [5, 5.41) is 0. The number of hydrogen-bond acceptors (Lipinski definition) is 7. The lowest BCUT2D eigenvalue weighted by Gasteiger charge is -2.14. The Morgan fingerprint density at radius 3 is 2.23 bits per heavy atom. The molecule has 1 heterocycles. The number of Topliss-reactive ketones (excluding diaryl/α,β-unsaturated/α-hetero) is 1. The van der Waals surface area contributed by atoms with Crippen molar-refractivity contribution in [3.8, 4) is 11.5 Å². The Morgan fingerprint density at radius 2 is 1.61 bits per heavy atom. The lowest BCUT2D eigenvalue weighted by atomic mass is 10.1. The predicted octanol–water partition coefficient (Wildman–Crippen LogP) is 2.90. The maximum atomic E-state index is 12.3. The van der Waals surface area contributed by atoms with E-state index in [9.17, 15) is 19.2 Å². The second-order valence-corrected chi connectivity index (χ2v) is 6.95. The molecule has 8 heteroatoms. The SMILES string of the molecule is COc1cc(C(C)=O)ccc1OCC(=O)OCCCCN1C(=O)c2ccccc2C1=O. The van der Waals surface area contributed by atoms with E-state index in [1.165, 1.54) is 18.9 Å². The number of hydrogen-bond donors (Lipinski definition) is 0. The summed E-state index contributed by atoms with van der Waals surface area (Å²) in [7, 11) is 1.44. The van der Waals surface area contributed by atoms with Gasteiger partial charge in [0, 0.05) is 12.1 Å². The van der Waals surface area contributed by atoms with E-state index in [1.807, 2.05) is 0 Å². The lowest BCUT2D eigenvalue weighted by Crippen LogP contribution is -2.30. The van der Waals surface area contributed by atoms with E-state index in [2.05, 4.69) is 0 Å². The van der Waals surface area contributed by atoms with Crippen molar-refractivity contribution in [2.24, 2.45) is 0 Å². The van der Waals surface area contributed by atoms with Gasteiger partial charge in [-0.3, -0.25) is 19.3 Å². The summed E-state index contributed by atoms with van der Waals surface area (Å²) in [5.41, 5.74) is 1.32. The van der Waals surface area contributed by atoms with Crippen molar-refractivity contribution in [2.45, 2.75) is 19.8 Å². The standard InChI is InChI=1S/C23H23NO7/c1-15(25)16-9-10-19(20(13-16)29-2)31-14-21(26)30-12-6-5-11-24-22(27)17-7-3-4-8-18(17)23(24)28/h3-4,7-10,13H,5-6,11-12,14H2,1-2H3. The van der Waals surface area contributed by atoms with Crippen LogP contribution in [0.5, 0.6) is 11.5 Å². The van der Waals surface area contributed by atoms with Crippen LogP contribution in [0.25, 0.3) is 0 Å². The van der Waals surface area contributed by atoms with Crippen LogP contribution in [-0.2, 0) is 9.53 Å². The maximum Gasteiger partial charge on any atom is 0.344 e. The van der Waals surface area contributed by atoms with E-state index in [0.29, 0.717) is 41.0 Å². The van der Waals surface area contributed by atoms with Crippen LogP contribution in [0, 0.1) is 0 Å². The first-order chi connectivity index (χ1) is 14.9. The minimum atomic E-state index is -0.557. The quantitative estimate of drug-likeness (QED) is 0.250. The first-order valence-corrected chi connectivity index (χ1v) is 9.85. The number of fused-ring (bicyclic) bond motifs is 1. The minimum absolute atomic E-state index is 0.106. The number of benzene rings is 2. The third-order valence-electron chi connectivity index (χ3n) is 4.83. The molecule has 0 aliphatic carbocycles. The molecule has 162 valence electrons. The summed E-state index contributed by atoms with van der Waals surface area (Å²) in [6, 6.07) is 11.4. The minimum Gasteiger partial charge on any atom is -0.493 e. The molecule has 0 bridgehead atoms. The Labute approximate surface area is 179 Å². The van der Waals surface area contributed by atoms with Gasteiger partial charge in [-0.15, -0.1) is 0 Å².